The zero-order valence-electron chi connectivity index (χ0n) is 18.5. The Morgan fingerprint density at radius 2 is 2.00 bits per heavy atom. The van der Waals surface area contributed by atoms with E-state index in [9.17, 15) is 23.1 Å². The van der Waals surface area contributed by atoms with Crippen molar-refractivity contribution in [3.63, 3.8) is 0 Å². The highest BCUT2D eigenvalue weighted by atomic mass is 19.4. The van der Waals surface area contributed by atoms with Gasteiger partial charge in [0.25, 0.3) is 0 Å². The second-order valence-electron chi connectivity index (χ2n) is 8.76. The van der Waals surface area contributed by atoms with Crippen LogP contribution < -0.4 is 11.1 Å². The molecule has 1 aromatic carbocycles. The number of nitrogens with one attached hydrogen (secondary N) is 1. The number of rotatable bonds is 6. The molecule has 1 saturated carbocycles. The molecule has 1 fully saturated rings. The number of aliphatic hydroxyl groups is 1. The summed E-state index contributed by atoms with van der Waals surface area (Å²) in [5.41, 5.74) is 5.77. The van der Waals surface area contributed by atoms with Gasteiger partial charge in [-0.15, -0.1) is 0 Å². The molecule has 1 aliphatic carbocycles. The fourth-order valence-electron chi connectivity index (χ4n) is 4.29. The normalized spacial score (nSPS) is 20.8. The molecule has 1 amide bonds. The molecule has 0 atom stereocenters. The van der Waals surface area contributed by atoms with Gasteiger partial charge in [0.15, 0.2) is 0 Å². The number of carbonyl (C=O) groups excluding carboxylic acids is 1. The molecule has 180 valence electrons. The molecular weight excluding hydrogens is 449 g/mol. The summed E-state index contributed by atoms with van der Waals surface area (Å²) in [6.07, 6.45) is 2.46. The summed E-state index contributed by atoms with van der Waals surface area (Å²) >= 11 is 0. The third kappa shape index (κ3) is 5.36. The van der Waals surface area contributed by atoms with Gasteiger partial charge in [-0.2, -0.15) is 13.2 Å². The van der Waals surface area contributed by atoms with E-state index in [0.717, 1.165) is 17.8 Å². The lowest BCUT2D eigenvalue weighted by Crippen LogP contribution is -2.33. The molecule has 4 N–H and O–H groups in total. The van der Waals surface area contributed by atoms with Crippen molar-refractivity contribution in [2.75, 3.05) is 5.32 Å². The van der Waals surface area contributed by atoms with E-state index >= 15 is 0 Å². The molecule has 0 radical (unpaired) electrons. The molecule has 0 spiro atoms. The molecular formula is C23H25F3N6O2. The molecule has 1 aliphatic rings. The van der Waals surface area contributed by atoms with E-state index in [1.54, 1.807) is 29.2 Å². The minimum absolute atomic E-state index is 0.167. The van der Waals surface area contributed by atoms with Crippen molar-refractivity contribution in [1.29, 1.82) is 0 Å². The van der Waals surface area contributed by atoms with Gasteiger partial charge < -0.3 is 20.7 Å². The van der Waals surface area contributed by atoms with E-state index in [4.69, 9.17) is 5.73 Å². The molecule has 8 nitrogen and oxygen atoms in total. The third-order valence-corrected chi connectivity index (χ3v) is 6.04. The van der Waals surface area contributed by atoms with E-state index in [0.29, 0.717) is 49.2 Å². The topological polar surface area (TPSA) is 119 Å². The van der Waals surface area contributed by atoms with Crippen LogP contribution >= 0.6 is 0 Å². The van der Waals surface area contributed by atoms with E-state index in [1.807, 2.05) is 13.0 Å². The fraction of sp³-hybridized carbons (Fsp3) is 0.391. The second-order valence-corrected chi connectivity index (χ2v) is 8.76. The number of imidazole rings is 1. The van der Waals surface area contributed by atoms with Gasteiger partial charge in [0.05, 0.1) is 12.0 Å². The number of aromatic nitrogens is 4. The van der Waals surface area contributed by atoms with Gasteiger partial charge in [0, 0.05) is 30.2 Å². The smallest absolute Gasteiger partial charge is 0.383 e. The molecule has 2 heterocycles. The number of primary amides is 1. The number of nitrogens with two attached hydrogens (primary N) is 1. The molecule has 2 aromatic heterocycles. The summed E-state index contributed by atoms with van der Waals surface area (Å²) in [5, 5.41) is 14.0. The van der Waals surface area contributed by atoms with Gasteiger partial charge in [-0.3, -0.25) is 4.79 Å². The van der Waals surface area contributed by atoms with Crippen LogP contribution in [0.1, 0.15) is 49.1 Å². The van der Waals surface area contributed by atoms with E-state index in [-0.39, 0.29) is 17.8 Å². The summed E-state index contributed by atoms with van der Waals surface area (Å²) in [4.78, 5) is 23.0. The van der Waals surface area contributed by atoms with Gasteiger partial charge in [-0.1, -0.05) is 0 Å². The van der Waals surface area contributed by atoms with Crippen molar-refractivity contribution in [2.24, 2.45) is 11.7 Å². The number of aryl methyl sites for hydroxylation is 1. The molecule has 4 rings (SSSR count). The number of anilines is 2. The Hall–Kier alpha value is -3.47. The molecule has 0 unspecified atom stereocenters. The first-order valence-corrected chi connectivity index (χ1v) is 10.9. The zero-order chi connectivity index (χ0) is 24.5. The summed E-state index contributed by atoms with van der Waals surface area (Å²) in [5.74, 6) is -0.331. The number of benzene rings is 1. The van der Waals surface area contributed by atoms with Crippen LogP contribution in [0.4, 0.5) is 24.8 Å². The van der Waals surface area contributed by atoms with Crippen molar-refractivity contribution in [2.45, 2.75) is 50.8 Å². The number of hydrogen-bond acceptors (Lipinski definition) is 6. The summed E-state index contributed by atoms with van der Waals surface area (Å²) in [6.45, 7) is 1.85. The Morgan fingerprint density at radius 1 is 1.26 bits per heavy atom. The molecule has 0 bridgehead atoms. The van der Waals surface area contributed by atoms with Crippen LogP contribution in [0.15, 0.2) is 43.0 Å². The summed E-state index contributed by atoms with van der Waals surface area (Å²) in [6, 6.07) is 6.19. The largest absolute Gasteiger partial charge is 0.433 e. The predicted molar refractivity (Wildman–Crippen MR) is 118 cm³/mol. The maximum atomic E-state index is 13.0. The van der Waals surface area contributed by atoms with Crippen molar-refractivity contribution in [3.8, 4) is 5.69 Å². The SMILES string of the molecule is Cc1cc(Nc2nccc(C(F)(F)F)n2)cc(-n2cnc(C3(O)CCC(CC(N)=O)CC3)c2)c1. The maximum absolute atomic E-state index is 13.0. The Kier molecular flexibility index (Phi) is 6.30. The van der Waals surface area contributed by atoms with Gasteiger partial charge in [0.2, 0.25) is 11.9 Å². The number of hydrogen-bond donors (Lipinski definition) is 3. The average Bonchev–Trinajstić information content (AvgIpc) is 3.26. The minimum Gasteiger partial charge on any atom is -0.383 e. The van der Waals surface area contributed by atoms with Gasteiger partial charge in [-0.05, 0) is 68.4 Å². The Bertz CT molecular complexity index is 1190. The van der Waals surface area contributed by atoms with E-state index in [2.05, 4.69) is 20.3 Å². The molecule has 0 saturated heterocycles. The Labute approximate surface area is 194 Å². The Balaban J connectivity index is 1.53. The predicted octanol–water partition coefficient (Wildman–Crippen LogP) is 3.99. The second kappa shape index (κ2) is 9.05. The van der Waals surface area contributed by atoms with Crippen molar-refractivity contribution < 1.29 is 23.1 Å². The zero-order valence-corrected chi connectivity index (χ0v) is 18.5. The van der Waals surface area contributed by atoms with Crippen LogP contribution in [-0.2, 0) is 16.6 Å². The highest BCUT2D eigenvalue weighted by Gasteiger charge is 2.37. The number of nitrogens with zero attached hydrogens (tertiary/aromatic N) is 4. The summed E-state index contributed by atoms with van der Waals surface area (Å²) in [7, 11) is 0. The van der Waals surface area contributed by atoms with Gasteiger partial charge in [-0.25, -0.2) is 15.0 Å². The van der Waals surface area contributed by atoms with Crippen molar-refractivity contribution >= 4 is 17.5 Å². The fourth-order valence-corrected chi connectivity index (χ4v) is 4.29. The first-order valence-electron chi connectivity index (χ1n) is 10.9. The van der Waals surface area contributed by atoms with E-state index < -0.39 is 17.5 Å². The Morgan fingerprint density at radius 3 is 2.68 bits per heavy atom. The lowest BCUT2D eigenvalue weighted by molar-refractivity contribution is -0.141. The first kappa shape index (κ1) is 23.7. The molecule has 0 aliphatic heterocycles. The minimum atomic E-state index is -4.57. The first-order chi connectivity index (χ1) is 16.0. The molecule has 3 aromatic rings. The number of amides is 1. The number of alkyl halides is 3. The maximum Gasteiger partial charge on any atom is 0.433 e. The van der Waals surface area contributed by atoms with E-state index in [1.165, 1.54) is 0 Å². The van der Waals surface area contributed by atoms with Gasteiger partial charge >= 0.3 is 6.18 Å². The highest BCUT2D eigenvalue weighted by Crippen LogP contribution is 2.40. The lowest BCUT2D eigenvalue weighted by atomic mass is 9.76. The van der Waals surface area contributed by atoms with Crippen LogP contribution in [0.5, 0.6) is 0 Å². The quantitative estimate of drug-likeness (QED) is 0.497. The average molecular weight is 474 g/mol. The van der Waals surface area contributed by atoms with Gasteiger partial charge in [0.1, 0.15) is 11.3 Å². The monoisotopic (exact) mass is 474 g/mol. The number of halogens is 3. The third-order valence-electron chi connectivity index (χ3n) is 6.04. The van der Waals surface area contributed by atoms with Crippen molar-refractivity contribution in [1.82, 2.24) is 19.5 Å². The van der Waals surface area contributed by atoms with Crippen LogP contribution in [0.25, 0.3) is 5.69 Å². The van der Waals surface area contributed by atoms with Crippen LogP contribution in [-0.4, -0.2) is 30.5 Å². The van der Waals surface area contributed by atoms with Crippen LogP contribution in [0, 0.1) is 12.8 Å². The number of carbonyl (C=O) groups is 1. The van der Waals surface area contributed by atoms with Crippen LogP contribution in [0.3, 0.4) is 0 Å². The van der Waals surface area contributed by atoms with Crippen LogP contribution in [0.2, 0.25) is 0 Å². The standard InChI is InChI=1S/C23H25F3N6O2/c1-14-8-16(30-21-28-7-4-18(31-21)23(24,25)26)11-17(9-14)32-12-19(29-13-32)22(34)5-2-15(3-6-22)10-20(27)33/h4,7-9,11-13,15,34H,2-3,5-6,10H2,1H3,(H2,27,33)(H,28,30,31). The lowest BCUT2D eigenvalue weighted by Gasteiger charge is -2.34. The highest BCUT2D eigenvalue weighted by molar-refractivity contribution is 5.74. The van der Waals surface area contributed by atoms with Crippen molar-refractivity contribution in [3.05, 3.63) is 59.9 Å². The summed E-state index contributed by atoms with van der Waals surface area (Å²) < 4.78 is 40.6. The molecule has 34 heavy (non-hydrogen) atoms. The molecule has 11 heteroatoms.